The van der Waals surface area contributed by atoms with Gasteiger partial charge < -0.3 is 4.74 Å². The molecule has 0 saturated carbocycles. The smallest absolute Gasteiger partial charge is 0.327 e. The summed E-state index contributed by atoms with van der Waals surface area (Å²) in [5.41, 5.74) is 3.17. The lowest BCUT2D eigenvalue weighted by molar-refractivity contribution is -0.144. The van der Waals surface area contributed by atoms with Gasteiger partial charge in [-0.1, -0.05) is 29.8 Å². The average molecular weight is 244 g/mol. The third-order valence-electron chi connectivity index (χ3n) is 2.65. The van der Waals surface area contributed by atoms with Gasteiger partial charge in [-0.3, -0.25) is 9.48 Å². The van der Waals surface area contributed by atoms with E-state index in [1.165, 1.54) is 5.56 Å². The molecule has 4 heteroatoms. The molecule has 94 valence electrons. The minimum absolute atomic E-state index is 0.143. The topological polar surface area (TPSA) is 44.1 Å². The van der Waals surface area contributed by atoms with Gasteiger partial charge in [-0.15, -0.1) is 0 Å². The van der Waals surface area contributed by atoms with E-state index in [4.69, 9.17) is 4.74 Å². The number of rotatable bonds is 4. The number of nitrogens with zero attached hydrogens (tertiary/aromatic N) is 2. The van der Waals surface area contributed by atoms with Gasteiger partial charge in [-0.05, 0) is 25.5 Å². The Morgan fingerprint density at radius 1 is 1.28 bits per heavy atom. The summed E-state index contributed by atoms with van der Waals surface area (Å²) in [6, 6.07) is 10.0. The van der Waals surface area contributed by atoms with Crippen molar-refractivity contribution in [1.82, 2.24) is 9.78 Å². The summed E-state index contributed by atoms with van der Waals surface area (Å²) in [5.74, 6) is -0.269. The van der Waals surface area contributed by atoms with Crippen LogP contribution in [0.2, 0.25) is 0 Å². The quantitative estimate of drug-likeness (QED) is 0.776. The second kappa shape index (κ2) is 5.49. The second-order valence-corrected chi connectivity index (χ2v) is 4.05. The predicted octanol–water partition coefficient (Wildman–Crippen LogP) is 2.42. The number of aryl methyl sites for hydroxylation is 1. The van der Waals surface area contributed by atoms with E-state index in [1.807, 2.05) is 37.3 Å². The summed E-state index contributed by atoms with van der Waals surface area (Å²) < 4.78 is 6.58. The Hall–Kier alpha value is -2.10. The van der Waals surface area contributed by atoms with E-state index in [1.54, 1.807) is 17.8 Å². The van der Waals surface area contributed by atoms with E-state index < -0.39 is 0 Å². The molecule has 0 amide bonds. The molecule has 0 aliphatic carbocycles. The molecular formula is C14H16N2O2. The number of hydrogen-bond acceptors (Lipinski definition) is 3. The Kier molecular flexibility index (Phi) is 3.77. The first-order valence-electron chi connectivity index (χ1n) is 5.95. The number of esters is 1. The van der Waals surface area contributed by atoms with Crippen molar-refractivity contribution in [2.45, 2.75) is 20.4 Å². The highest BCUT2D eigenvalue weighted by molar-refractivity contribution is 5.70. The fourth-order valence-electron chi connectivity index (χ4n) is 1.76. The molecule has 0 spiro atoms. The van der Waals surface area contributed by atoms with Crippen LogP contribution in [-0.2, 0) is 16.1 Å². The van der Waals surface area contributed by atoms with Crippen molar-refractivity contribution in [2.24, 2.45) is 0 Å². The molecular weight excluding hydrogens is 228 g/mol. The summed E-state index contributed by atoms with van der Waals surface area (Å²) in [6.45, 7) is 4.37. The van der Waals surface area contributed by atoms with Crippen molar-refractivity contribution in [3.8, 4) is 11.3 Å². The summed E-state index contributed by atoms with van der Waals surface area (Å²) in [5, 5.41) is 4.15. The summed E-state index contributed by atoms with van der Waals surface area (Å²) in [4.78, 5) is 11.5. The molecule has 4 nitrogen and oxygen atoms in total. The molecule has 0 atom stereocenters. The number of aromatic nitrogens is 2. The molecule has 0 fully saturated rings. The van der Waals surface area contributed by atoms with Gasteiger partial charge in [0.2, 0.25) is 0 Å². The Morgan fingerprint density at radius 3 is 2.67 bits per heavy atom. The van der Waals surface area contributed by atoms with Crippen LogP contribution < -0.4 is 0 Å². The molecule has 0 aliphatic rings. The Morgan fingerprint density at radius 2 is 2.00 bits per heavy atom. The zero-order valence-electron chi connectivity index (χ0n) is 10.6. The van der Waals surface area contributed by atoms with Crippen LogP contribution in [0.1, 0.15) is 12.5 Å². The van der Waals surface area contributed by atoms with Gasteiger partial charge in [0.05, 0.1) is 12.3 Å². The molecule has 0 unspecified atom stereocenters. The third-order valence-corrected chi connectivity index (χ3v) is 2.65. The SMILES string of the molecule is CCOC(=O)Cn1nccc1-c1ccc(C)cc1. The van der Waals surface area contributed by atoms with Gasteiger partial charge in [-0.2, -0.15) is 5.10 Å². The van der Waals surface area contributed by atoms with Crippen molar-refractivity contribution >= 4 is 5.97 Å². The van der Waals surface area contributed by atoms with Crippen molar-refractivity contribution in [3.05, 3.63) is 42.1 Å². The molecule has 0 bridgehead atoms. The monoisotopic (exact) mass is 244 g/mol. The van der Waals surface area contributed by atoms with Crippen LogP contribution in [0, 0.1) is 6.92 Å². The Bertz CT molecular complexity index is 529. The normalized spacial score (nSPS) is 10.3. The molecule has 0 radical (unpaired) electrons. The standard InChI is InChI=1S/C14H16N2O2/c1-3-18-14(17)10-16-13(8-9-15-16)12-6-4-11(2)5-7-12/h4-9H,3,10H2,1-2H3. The molecule has 0 aliphatic heterocycles. The maximum absolute atomic E-state index is 11.5. The summed E-state index contributed by atoms with van der Waals surface area (Å²) in [7, 11) is 0. The van der Waals surface area contributed by atoms with E-state index in [0.29, 0.717) is 6.61 Å². The third kappa shape index (κ3) is 2.77. The highest BCUT2D eigenvalue weighted by atomic mass is 16.5. The molecule has 1 heterocycles. The first kappa shape index (κ1) is 12.4. The fourth-order valence-corrected chi connectivity index (χ4v) is 1.76. The lowest BCUT2D eigenvalue weighted by Gasteiger charge is -2.07. The lowest BCUT2D eigenvalue weighted by Crippen LogP contribution is -2.15. The van der Waals surface area contributed by atoms with Crippen LogP contribution in [0.25, 0.3) is 11.3 Å². The van der Waals surface area contributed by atoms with Gasteiger partial charge in [0.15, 0.2) is 0 Å². The molecule has 0 saturated heterocycles. The van der Waals surface area contributed by atoms with Crippen LogP contribution in [0.5, 0.6) is 0 Å². The fraction of sp³-hybridized carbons (Fsp3) is 0.286. The van der Waals surface area contributed by atoms with E-state index >= 15 is 0 Å². The minimum atomic E-state index is -0.269. The van der Waals surface area contributed by atoms with Crippen LogP contribution in [-0.4, -0.2) is 22.4 Å². The summed E-state index contributed by atoms with van der Waals surface area (Å²) >= 11 is 0. The zero-order chi connectivity index (χ0) is 13.0. The van der Waals surface area contributed by atoms with Crippen molar-refractivity contribution < 1.29 is 9.53 Å². The average Bonchev–Trinajstić information content (AvgIpc) is 2.78. The Labute approximate surface area is 106 Å². The van der Waals surface area contributed by atoms with Crippen LogP contribution in [0.4, 0.5) is 0 Å². The van der Waals surface area contributed by atoms with Crippen molar-refractivity contribution in [3.63, 3.8) is 0 Å². The molecule has 2 aromatic rings. The maximum Gasteiger partial charge on any atom is 0.327 e. The van der Waals surface area contributed by atoms with Crippen molar-refractivity contribution in [1.29, 1.82) is 0 Å². The summed E-state index contributed by atoms with van der Waals surface area (Å²) in [6.07, 6.45) is 1.69. The van der Waals surface area contributed by atoms with Gasteiger partial charge in [-0.25, -0.2) is 0 Å². The zero-order valence-corrected chi connectivity index (χ0v) is 10.6. The first-order valence-corrected chi connectivity index (χ1v) is 5.95. The van der Waals surface area contributed by atoms with Crippen molar-refractivity contribution in [2.75, 3.05) is 6.61 Å². The largest absolute Gasteiger partial charge is 0.465 e. The number of carbonyl (C=O) groups excluding carboxylic acids is 1. The molecule has 0 N–H and O–H groups in total. The maximum atomic E-state index is 11.5. The number of hydrogen-bond donors (Lipinski definition) is 0. The molecule has 1 aromatic heterocycles. The van der Waals surface area contributed by atoms with Gasteiger partial charge in [0, 0.05) is 6.20 Å². The minimum Gasteiger partial charge on any atom is -0.465 e. The molecule has 2 rings (SSSR count). The van der Waals surface area contributed by atoms with Gasteiger partial charge in [0.25, 0.3) is 0 Å². The lowest BCUT2D eigenvalue weighted by atomic mass is 10.1. The van der Waals surface area contributed by atoms with Crippen LogP contribution in [0.15, 0.2) is 36.5 Å². The van der Waals surface area contributed by atoms with Crippen LogP contribution >= 0.6 is 0 Å². The predicted molar refractivity (Wildman–Crippen MR) is 69.0 cm³/mol. The van der Waals surface area contributed by atoms with E-state index in [9.17, 15) is 4.79 Å². The highest BCUT2D eigenvalue weighted by Crippen LogP contribution is 2.19. The first-order chi connectivity index (χ1) is 8.70. The molecule has 18 heavy (non-hydrogen) atoms. The van der Waals surface area contributed by atoms with Gasteiger partial charge in [0.1, 0.15) is 6.54 Å². The second-order valence-electron chi connectivity index (χ2n) is 4.05. The van der Waals surface area contributed by atoms with Crippen LogP contribution in [0.3, 0.4) is 0 Å². The van der Waals surface area contributed by atoms with E-state index in [2.05, 4.69) is 5.10 Å². The van der Waals surface area contributed by atoms with E-state index in [0.717, 1.165) is 11.3 Å². The number of ether oxygens (including phenoxy) is 1. The number of benzene rings is 1. The number of carbonyl (C=O) groups is 1. The highest BCUT2D eigenvalue weighted by Gasteiger charge is 2.09. The molecule has 1 aromatic carbocycles. The van der Waals surface area contributed by atoms with Gasteiger partial charge >= 0.3 is 5.97 Å². The Balaban J connectivity index is 2.22. The van der Waals surface area contributed by atoms with E-state index in [-0.39, 0.29) is 12.5 Å².